The van der Waals surface area contributed by atoms with E-state index < -0.39 is 0 Å². The van der Waals surface area contributed by atoms with Crippen LogP contribution in [0.15, 0.2) is 48.5 Å². The second-order valence-electron chi connectivity index (χ2n) is 6.38. The maximum Gasteiger partial charge on any atom is 0.272 e. The third-order valence-electron chi connectivity index (χ3n) is 4.49. The molecule has 4 nitrogen and oxygen atoms in total. The smallest absolute Gasteiger partial charge is 0.272 e. The van der Waals surface area contributed by atoms with Crippen LogP contribution in [0, 0.1) is 12.8 Å². The summed E-state index contributed by atoms with van der Waals surface area (Å²) in [5.74, 6) is 0.0690. The van der Waals surface area contributed by atoms with E-state index in [4.69, 9.17) is 0 Å². The largest absolute Gasteiger partial charge is 0.337 e. The van der Waals surface area contributed by atoms with Crippen LogP contribution < -0.4 is 0 Å². The van der Waals surface area contributed by atoms with E-state index >= 15 is 0 Å². The number of hydrogen-bond acceptors (Lipinski definition) is 3. The summed E-state index contributed by atoms with van der Waals surface area (Å²) in [6.07, 6.45) is 2.16. The van der Waals surface area contributed by atoms with Crippen LogP contribution in [0.25, 0.3) is 0 Å². The van der Waals surface area contributed by atoms with Crippen molar-refractivity contribution >= 4 is 11.7 Å². The van der Waals surface area contributed by atoms with Crippen molar-refractivity contribution in [3.8, 4) is 0 Å². The fourth-order valence-electron chi connectivity index (χ4n) is 3.19. The van der Waals surface area contributed by atoms with Gasteiger partial charge in [-0.15, -0.1) is 0 Å². The Balaban J connectivity index is 1.65. The molecule has 0 aliphatic carbocycles. The number of aromatic nitrogens is 1. The lowest BCUT2D eigenvalue weighted by atomic mass is 9.90. The first kappa shape index (κ1) is 16.4. The minimum atomic E-state index is -0.0762. The standard InChI is InChI=1S/C20H22N2O2/c1-15-7-5-11-18(21-15)20(24)22-12-6-10-17(14-22)19(23)13-16-8-3-2-4-9-16/h2-5,7-9,11,17H,6,10,12-14H2,1H3/t17-/m1/s1. The Labute approximate surface area is 142 Å². The quantitative estimate of drug-likeness (QED) is 0.869. The molecule has 4 heteroatoms. The Bertz CT molecular complexity index is 727. The second kappa shape index (κ2) is 7.39. The molecule has 0 bridgehead atoms. The molecule has 3 rings (SSSR count). The number of carbonyl (C=O) groups excluding carboxylic acids is 2. The Morgan fingerprint density at radius 1 is 1.12 bits per heavy atom. The molecule has 0 saturated carbocycles. The van der Waals surface area contributed by atoms with Gasteiger partial charge in [-0.3, -0.25) is 9.59 Å². The minimum Gasteiger partial charge on any atom is -0.337 e. The van der Waals surface area contributed by atoms with Crippen LogP contribution in [0.5, 0.6) is 0 Å². The molecular formula is C20H22N2O2. The van der Waals surface area contributed by atoms with Gasteiger partial charge in [0.2, 0.25) is 0 Å². The van der Waals surface area contributed by atoms with Crippen LogP contribution in [0.1, 0.15) is 34.6 Å². The van der Waals surface area contributed by atoms with E-state index in [1.165, 1.54) is 0 Å². The monoisotopic (exact) mass is 322 g/mol. The first-order chi connectivity index (χ1) is 11.6. The van der Waals surface area contributed by atoms with E-state index in [0.717, 1.165) is 24.1 Å². The predicted molar refractivity (Wildman–Crippen MR) is 92.8 cm³/mol. The van der Waals surface area contributed by atoms with Crippen LogP contribution in [-0.2, 0) is 11.2 Å². The van der Waals surface area contributed by atoms with Gasteiger partial charge >= 0.3 is 0 Å². The summed E-state index contributed by atoms with van der Waals surface area (Å²) in [5.41, 5.74) is 2.33. The normalized spacial score (nSPS) is 17.5. The molecule has 0 N–H and O–H groups in total. The minimum absolute atomic E-state index is 0.0732. The fraction of sp³-hybridized carbons (Fsp3) is 0.350. The van der Waals surface area contributed by atoms with E-state index in [1.54, 1.807) is 11.0 Å². The van der Waals surface area contributed by atoms with Gasteiger partial charge in [-0.05, 0) is 37.5 Å². The van der Waals surface area contributed by atoms with Gasteiger partial charge in [0.25, 0.3) is 5.91 Å². The van der Waals surface area contributed by atoms with Crippen molar-refractivity contribution in [2.45, 2.75) is 26.2 Å². The van der Waals surface area contributed by atoms with Crippen LogP contribution in [0.3, 0.4) is 0 Å². The summed E-state index contributed by atoms with van der Waals surface area (Å²) in [5, 5.41) is 0. The summed E-state index contributed by atoms with van der Waals surface area (Å²) in [4.78, 5) is 31.3. The van der Waals surface area contributed by atoms with Gasteiger partial charge < -0.3 is 4.90 Å². The molecular weight excluding hydrogens is 300 g/mol. The zero-order valence-corrected chi connectivity index (χ0v) is 13.9. The zero-order valence-electron chi connectivity index (χ0n) is 13.9. The van der Waals surface area contributed by atoms with E-state index in [-0.39, 0.29) is 17.6 Å². The van der Waals surface area contributed by atoms with Gasteiger partial charge in [0.1, 0.15) is 11.5 Å². The van der Waals surface area contributed by atoms with Crippen molar-refractivity contribution in [2.24, 2.45) is 5.92 Å². The van der Waals surface area contributed by atoms with Crippen LogP contribution in [0.4, 0.5) is 0 Å². The SMILES string of the molecule is Cc1cccc(C(=O)N2CCC[C@@H](C(=O)Cc3ccccc3)C2)n1. The number of pyridine rings is 1. The molecule has 1 aromatic heterocycles. The number of rotatable bonds is 4. The number of piperidine rings is 1. The Kier molecular flexibility index (Phi) is 5.04. The molecule has 1 aliphatic rings. The summed E-state index contributed by atoms with van der Waals surface area (Å²) >= 11 is 0. The van der Waals surface area contributed by atoms with Crippen molar-refractivity contribution < 1.29 is 9.59 Å². The van der Waals surface area contributed by atoms with Crippen molar-refractivity contribution in [3.63, 3.8) is 0 Å². The van der Waals surface area contributed by atoms with Crippen LogP contribution >= 0.6 is 0 Å². The third kappa shape index (κ3) is 3.88. The Hall–Kier alpha value is -2.49. The fourth-order valence-corrected chi connectivity index (χ4v) is 3.19. The summed E-state index contributed by atoms with van der Waals surface area (Å²) in [6, 6.07) is 15.2. The van der Waals surface area contributed by atoms with E-state index in [2.05, 4.69) is 4.98 Å². The summed E-state index contributed by atoms with van der Waals surface area (Å²) in [7, 11) is 0. The average Bonchev–Trinajstić information content (AvgIpc) is 2.62. The van der Waals surface area contributed by atoms with Crippen LogP contribution in [-0.4, -0.2) is 34.7 Å². The molecule has 1 atom stereocenters. The zero-order chi connectivity index (χ0) is 16.9. The number of nitrogens with zero attached hydrogens (tertiary/aromatic N) is 2. The first-order valence-electron chi connectivity index (χ1n) is 8.43. The summed E-state index contributed by atoms with van der Waals surface area (Å²) < 4.78 is 0. The molecule has 1 amide bonds. The van der Waals surface area contributed by atoms with E-state index in [1.807, 2.05) is 49.4 Å². The number of aryl methyl sites for hydroxylation is 1. The number of amides is 1. The second-order valence-corrected chi connectivity index (χ2v) is 6.38. The highest BCUT2D eigenvalue weighted by Crippen LogP contribution is 2.20. The summed E-state index contributed by atoms with van der Waals surface area (Å²) in [6.45, 7) is 3.07. The van der Waals surface area contributed by atoms with E-state index in [0.29, 0.717) is 25.2 Å². The molecule has 124 valence electrons. The highest BCUT2D eigenvalue weighted by Gasteiger charge is 2.29. The number of hydrogen-bond donors (Lipinski definition) is 0. The van der Waals surface area contributed by atoms with Crippen molar-refractivity contribution in [1.29, 1.82) is 0 Å². The van der Waals surface area contributed by atoms with Crippen LogP contribution in [0.2, 0.25) is 0 Å². The van der Waals surface area contributed by atoms with Gasteiger partial charge in [-0.2, -0.15) is 0 Å². The number of Topliss-reactive ketones (excluding diaryl/α,β-unsaturated/α-hetero) is 1. The number of carbonyl (C=O) groups is 2. The van der Waals surface area contributed by atoms with Gasteiger partial charge in [-0.25, -0.2) is 4.98 Å². The number of ketones is 1. The first-order valence-corrected chi connectivity index (χ1v) is 8.43. The van der Waals surface area contributed by atoms with E-state index in [9.17, 15) is 9.59 Å². The van der Waals surface area contributed by atoms with Gasteiger partial charge in [0, 0.05) is 31.1 Å². The highest BCUT2D eigenvalue weighted by molar-refractivity contribution is 5.93. The van der Waals surface area contributed by atoms with Gasteiger partial charge in [0.05, 0.1) is 0 Å². The molecule has 2 heterocycles. The average molecular weight is 322 g/mol. The molecule has 1 aliphatic heterocycles. The maximum atomic E-state index is 12.6. The third-order valence-corrected chi connectivity index (χ3v) is 4.49. The molecule has 24 heavy (non-hydrogen) atoms. The van der Waals surface area contributed by atoms with Gasteiger partial charge in [-0.1, -0.05) is 36.4 Å². The lowest BCUT2D eigenvalue weighted by Crippen LogP contribution is -2.43. The molecule has 0 radical (unpaired) electrons. The topological polar surface area (TPSA) is 50.3 Å². The Morgan fingerprint density at radius 2 is 1.92 bits per heavy atom. The lowest BCUT2D eigenvalue weighted by Gasteiger charge is -2.32. The molecule has 0 spiro atoms. The predicted octanol–water partition coefficient (Wildman–Crippen LogP) is 3.05. The van der Waals surface area contributed by atoms with Crippen molar-refractivity contribution in [2.75, 3.05) is 13.1 Å². The van der Waals surface area contributed by atoms with Crippen molar-refractivity contribution in [1.82, 2.24) is 9.88 Å². The molecule has 1 fully saturated rings. The molecule has 0 unspecified atom stereocenters. The number of likely N-dealkylation sites (tertiary alicyclic amines) is 1. The van der Waals surface area contributed by atoms with Gasteiger partial charge in [0.15, 0.2) is 0 Å². The lowest BCUT2D eigenvalue weighted by molar-refractivity contribution is -0.123. The molecule has 2 aromatic rings. The highest BCUT2D eigenvalue weighted by atomic mass is 16.2. The van der Waals surface area contributed by atoms with Crippen molar-refractivity contribution in [3.05, 3.63) is 65.5 Å². The maximum absolute atomic E-state index is 12.6. The molecule has 1 aromatic carbocycles. The number of benzene rings is 1. The molecule has 1 saturated heterocycles. The Morgan fingerprint density at radius 3 is 2.67 bits per heavy atom.